The van der Waals surface area contributed by atoms with Gasteiger partial charge in [0.25, 0.3) is 0 Å². The molecule has 0 spiro atoms. The zero-order chi connectivity index (χ0) is 20.0. The number of aryl methyl sites for hydroxylation is 1. The Kier molecular flexibility index (Phi) is 4.55. The molecule has 5 nitrogen and oxygen atoms in total. The maximum atomic E-state index is 13.5. The third kappa shape index (κ3) is 3.01. The topological polar surface area (TPSA) is 51.9 Å². The third-order valence-electron chi connectivity index (χ3n) is 6.26. The summed E-state index contributed by atoms with van der Waals surface area (Å²) >= 11 is 0. The highest BCUT2D eigenvalue weighted by Crippen LogP contribution is 2.37. The van der Waals surface area contributed by atoms with E-state index in [1.54, 1.807) is 7.11 Å². The second kappa shape index (κ2) is 7.23. The van der Waals surface area contributed by atoms with Crippen molar-refractivity contribution >= 4 is 11.0 Å². The molecule has 0 unspecified atom stereocenters. The van der Waals surface area contributed by atoms with Crippen LogP contribution in [0.4, 0.5) is 0 Å². The maximum absolute atomic E-state index is 13.5. The Morgan fingerprint density at radius 2 is 1.90 bits per heavy atom. The van der Waals surface area contributed by atoms with Gasteiger partial charge >= 0.3 is 0 Å². The number of hydrogen-bond donors (Lipinski definition) is 0. The van der Waals surface area contributed by atoms with E-state index < -0.39 is 0 Å². The lowest BCUT2D eigenvalue weighted by Crippen LogP contribution is -2.39. The van der Waals surface area contributed by atoms with Gasteiger partial charge in [0, 0.05) is 18.2 Å². The van der Waals surface area contributed by atoms with Crippen molar-refractivity contribution in [2.24, 2.45) is 0 Å². The summed E-state index contributed by atoms with van der Waals surface area (Å²) < 4.78 is 17.8. The Bertz CT molecular complexity index is 1130. The Morgan fingerprint density at radius 1 is 1.10 bits per heavy atom. The number of para-hydroxylation sites is 1. The van der Waals surface area contributed by atoms with E-state index in [1.807, 2.05) is 43.3 Å². The normalized spacial score (nSPS) is 17.3. The highest BCUT2D eigenvalue weighted by molar-refractivity contribution is 5.87. The minimum absolute atomic E-state index is 0.0333. The minimum Gasteiger partial charge on any atom is -0.496 e. The van der Waals surface area contributed by atoms with Crippen molar-refractivity contribution in [2.45, 2.75) is 45.2 Å². The molecule has 5 rings (SSSR count). The Balaban J connectivity index is 1.66. The van der Waals surface area contributed by atoms with Crippen LogP contribution in [0.1, 0.15) is 37.0 Å². The number of nitrogens with zero attached hydrogens (tertiary/aromatic N) is 1. The summed E-state index contributed by atoms with van der Waals surface area (Å²) in [6.45, 7) is 3.21. The molecule has 2 heterocycles. The molecule has 2 aromatic carbocycles. The minimum atomic E-state index is -0.0333. The van der Waals surface area contributed by atoms with Crippen LogP contribution in [0, 0.1) is 6.92 Å². The van der Waals surface area contributed by atoms with Gasteiger partial charge in [-0.25, -0.2) is 0 Å². The van der Waals surface area contributed by atoms with Crippen LogP contribution in [-0.2, 0) is 6.54 Å². The van der Waals surface area contributed by atoms with Crippen LogP contribution < -0.4 is 14.9 Å². The van der Waals surface area contributed by atoms with Gasteiger partial charge in [-0.3, -0.25) is 9.69 Å². The van der Waals surface area contributed by atoms with Gasteiger partial charge in [0.15, 0.2) is 0 Å². The summed E-state index contributed by atoms with van der Waals surface area (Å²) in [6.07, 6.45) is 4.98. The highest BCUT2D eigenvalue weighted by Gasteiger charge is 2.29. The monoisotopic (exact) mass is 391 g/mol. The van der Waals surface area contributed by atoms with E-state index in [2.05, 4.69) is 4.90 Å². The molecular formula is C24H25NO4. The van der Waals surface area contributed by atoms with Crippen LogP contribution in [0.5, 0.6) is 11.5 Å². The largest absolute Gasteiger partial charge is 0.496 e. The number of hydrogen-bond acceptors (Lipinski definition) is 5. The first-order chi connectivity index (χ1) is 14.2. The molecule has 0 bridgehead atoms. The average molecular weight is 391 g/mol. The van der Waals surface area contributed by atoms with Crippen molar-refractivity contribution in [1.29, 1.82) is 0 Å². The predicted octanol–water partition coefficient (Wildman–Crippen LogP) is 4.87. The van der Waals surface area contributed by atoms with E-state index in [-0.39, 0.29) is 5.43 Å². The third-order valence-corrected chi connectivity index (χ3v) is 6.26. The first kappa shape index (κ1) is 18.3. The summed E-state index contributed by atoms with van der Waals surface area (Å²) in [6, 6.07) is 11.8. The van der Waals surface area contributed by atoms with Gasteiger partial charge in [0.1, 0.15) is 29.6 Å². The molecular weight excluding hydrogens is 366 g/mol. The Labute approximate surface area is 169 Å². The average Bonchev–Trinajstić information content (AvgIpc) is 3.28. The van der Waals surface area contributed by atoms with Crippen molar-refractivity contribution < 1.29 is 13.9 Å². The van der Waals surface area contributed by atoms with E-state index >= 15 is 0 Å². The van der Waals surface area contributed by atoms with Crippen LogP contribution in [0.25, 0.3) is 22.1 Å². The number of rotatable bonds is 3. The predicted molar refractivity (Wildman–Crippen MR) is 113 cm³/mol. The lowest BCUT2D eigenvalue weighted by atomic mass is 9.99. The standard InChI is InChI=1S/C24H25NO4/c1-15-22(17-9-5-6-10-20(17)27-2)23(26)18-11-12-21-19(24(18)29-15)13-25(14-28-21)16-7-3-4-8-16/h5-6,9-12,16H,3-4,7-8,13-14H2,1-2H3. The van der Waals surface area contributed by atoms with E-state index in [0.29, 0.717) is 40.8 Å². The molecule has 1 fully saturated rings. The molecule has 150 valence electrons. The van der Waals surface area contributed by atoms with Crippen molar-refractivity contribution in [2.75, 3.05) is 13.8 Å². The summed E-state index contributed by atoms with van der Waals surface area (Å²) in [5.41, 5.74) is 2.90. The molecule has 29 heavy (non-hydrogen) atoms. The molecule has 1 saturated carbocycles. The second-order valence-corrected chi connectivity index (χ2v) is 7.94. The second-order valence-electron chi connectivity index (χ2n) is 7.94. The van der Waals surface area contributed by atoms with E-state index in [0.717, 1.165) is 23.4 Å². The molecule has 5 heteroatoms. The summed E-state index contributed by atoms with van der Waals surface area (Å²) in [5.74, 6) is 2.08. The van der Waals surface area contributed by atoms with Crippen molar-refractivity contribution in [3.8, 4) is 22.6 Å². The first-order valence-corrected chi connectivity index (χ1v) is 10.3. The van der Waals surface area contributed by atoms with Crippen LogP contribution in [0.3, 0.4) is 0 Å². The van der Waals surface area contributed by atoms with Crippen LogP contribution >= 0.6 is 0 Å². The molecule has 1 aromatic heterocycles. The van der Waals surface area contributed by atoms with Gasteiger partial charge in [-0.05, 0) is 38.0 Å². The lowest BCUT2D eigenvalue weighted by molar-refractivity contribution is 0.0581. The first-order valence-electron chi connectivity index (χ1n) is 10.3. The van der Waals surface area contributed by atoms with E-state index in [1.165, 1.54) is 25.7 Å². The van der Waals surface area contributed by atoms with Crippen molar-refractivity contribution in [3.63, 3.8) is 0 Å². The molecule has 1 aliphatic carbocycles. The number of methoxy groups -OCH3 is 1. The van der Waals surface area contributed by atoms with Crippen molar-refractivity contribution in [1.82, 2.24) is 4.90 Å². The molecule has 2 aliphatic rings. The molecule has 0 N–H and O–H groups in total. The SMILES string of the molecule is COc1ccccc1-c1c(C)oc2c3c(ccc2c1=O)OCN(C1CCCC1)C3. The maximum Gasteiger partial charge on any atom is 0.200 e. The molecule has 0 amide bonds. The summed E-state index contributed by atoms with van der Waals surface area (Å²) in [5, 5.41) is 0.590. The molecule has 3 aromatic rings. The Morgan fingerprint density at radius 3 is 2.69 bits per heavy atom. The van der Waals surface area contributed by atoms with Crippen LogP contribution in [-0.4, -0.2) is 24.8 Å². The van der Waals surface area contributed by atoms with Crippen LogP contribution in [0.15, 0.2) is 45.6 Å². The Hall–Kier alpha value is -2.79. The fraction of sp³-hybridized carbons (Fsp3) is 0.375. The van der Waals surface area contributed by atoms with Gasteiger partial charge in [-0.2, -0.15) is 0 Å². The van der Waals surface area contributed by atoms with Crippen molar-refractivity contribution in [3.05, 3.63) is 57.9 Å². The zero-order valence-corrected chi connectivity index (χ0v) is 16.9. The quantitative estimate of drug-likeness (QED) is 0.637. The van der Waals surface area contributed by atoms with Gasteiger partial charge < -0.3 is 13.9 Å². The van der Waals surface area contributed by atoms with Gasteiger partial charge in [-0.15, -0.1) is 0 Å². The number of ether oxygens (including phenoxy) is 2. The zero-order valence-electron chi connectivity index (χ0n) is 16.9. The molecule has 0 saturated heterocycles. The fourth-order valence-corrected chi connectivity index (χ4v) is 4.76. The lowest BCUT2D eigenvalue weighted by Gasteiger charge is -2.33. The van der Waals surface area contributed by atoms with Gasteiger partial charge in [0.2, 0.25) is 5.43 Å². The number of fused-ring (bicyclic) bond motifs is 3. The molecule has 1 aliphatic heterocycles. The van der Waals surface area contributed by atoms with Gasteiger partial charge in [0.05, 0.1) is 23.6 Å². The number of benzene rings is 2. The molecule has 0 atom stereocenters. The highest BCUT2D eigenvalue weighted by atomic mass is 16.5. The summed E-state index contributed by atoms with van der Waals surface area (Å²) in [4.78, 5) is 15.8. The van der Waals surface area contributed by atoms with E-state index in [9.17, 15) is 4.79 Å². The van der Waals surface area contributed by atoms with Crippen LogP contribution in [0.2, 0.25) is 0 Å². The molecule has 0 radical (unpaired) electrons. The van der Waals surface area contributed by atoms with Gasteiger partial charge in [-0.1, -0.05) is 31.0 Å². The smallest absolute Gasteiger partial charge is 0.200 e. The van der Waals surface area contributed by atoms with E-state index in [4.69, 9.17) is 13.9 Å². The summed E-state index contributed by atoms with van der Waals surface area (Å²) in [7, 11) is 1.61. The fourth-order valence-electron chi connectivity index (χ4n) is 4.76.